The number of carbonyl (C=O) groups excluding carboxylic acids is 1. The monoisotopic (exact) mass is 266 g/mol. The Morgan fingerprint density at radius 2 is 1.95 bits per heavy atom. The van der Waals surface area contributed by atoms with Crippen LogP contribution >= 0.6 is 0 Å². The van der Waals surface area contributed by atoms with Crippen molar-refractivity contribution >= 4 is 5.97 Å². The summed E-state index contributed by atoms with van der Waals surface area (Å²) in [6, 6.07) is 3.85. The fourth-order valence-corrected chi connectivity index (χ4v) is 2.36. The molecule has 0 amide bonds. The molecule has 0 saturated carbocycles. The number of likely N-dealkylation sites (tertiary alicyclic amines) is 1. The van der Waals surface area contributed by atoms with Crippen LogP contribution in [-0.4, -0.2) is 42.4 Å². The molecule has 104 valence electrons. The predicted octanol–water partition coefficient (Wildman–Crippen LogP) is 0.323. The molecule has 0 radical (unpaired) electrons. The molecule has 1 heterocycles. The second kappa shape index (κ2) is 6.43. The molecule has 0 aliphatic carbocycles. The van der Waals surface area contributed by atoms with E-state index in [9.17, 15) is 9.90 Å². The lowest BCUT2D eigenvalue weighted by atomic mass is 10.1. The third-order valence-electron chi connectivity index (χ3n) is 3.45. The van der Waals surface area contributed by atoms with E-state index in [1.807, 2.05) is 0 Å². The zero-order valence-corrected chi connectivity index (χ0v) is 10.9. The van der Waals surface area contributed by atoms with Gasteiger partial charge in [-0.15, -0.1) is 0 Å². The standard InChI is InChI=1S/C14H19NO4/c16-11-4-5-12(13(17)10-11)14(18)19-9-8-15-6-2-1-3-7-15/h4-5,10,16-17H,1-3,6-9H2/p+1. The topological polar surface area (TPSA) is 71.2 Å². The molecule has 5 nitrogen and oxygen atoms in total. The average Bonchev–Trinajstić information content (AvgIpc) is 2.39. The number of benzene rings is 1. The molecule has 5 heteroatoms. The van der Waals surface area contributed by atoms with Crippen LogP contribution < -0.4 is 4.90 Å². The molecule has 0 aromatic heterocycles. The largest absolute Gasteiger partial charge is 0.508 e. The van der Waals surface area contributed by atoms with Crippen molar-refractivity contribution in [2.75, 3.05) is 26.2 Å². The van der Waals surface area contributed by atoms with E-state index in [1.54, 1.807) is 0 Å². The highest BCUT2D eigenvalue weighted by Crippen LogP contribution is 2.22. The van der Waals surface area contributed by atoms with Crippen molar-refractivity contribution < 1.29 is 24.6 Å². The molecular formula is C14H20NO4+. The van der Waals surface area contributed by atoms with E-state index in [-0.39, 0.29) is 17.1 Å². The molecule has 19 heavy (non-hydrogen) atoms. The lowest BCUT2D eigenvalue weighted by Gasteiger charge is -2.23. The molecule has 0 bridgehead atoms. The fraction of sp³-hybridized carbons (Fsp3) is 0.500. The Bertz CT molecular complexity index is 441. The number of hydrogen-bond donors (Lipinski definition) is 3. The van der Waals surface area contributed by atoms with Gasteiger partial charge in [0.25, 0.3) is 0 Å². The van der Waals surface area contributed by atoms with Crippen molar-refractivity contribution in [2.45, 2.75) is 19.3 Å². The van der Waals surface area contributed by atoms with E-state index in [0.29, 0.717) is 6.61 Å². The van der Waals surface area contributed by atoms with Gasteiger partial charge in [0.05, 0.1) is 13.1 Å². The summed E-state index contributed by atoms with van der Waals surface area (Å²) in [7, 11) is 0. The molecule has 0 spiro atoms. The van der Waals surface area contributed by atoms with Crippen LogP contribution in [0.25, 0.3) is 0 Å². The molecule has 0 unspecified atom stereocenters. The van der Waals surface area contributed by atoms with E-state index in [0.717, 1.165) is 25.7 Å². The molecule has 1 aliphatic heterocycles. The van der Waals surface area contributed by atoms with Gasteiger partial charge in [-0.25, -0.2) is 4.79 Å². The number of aromatic hydroxyl groups is 2. The minimum absolute atomic E-state index is 0.0770. The lowest BCUT2D eigenvalue weighted by Crippen LogP contribution is -3.13. The Labute approximate surface area is 112 Å². The number of carbonyl (C=O) groups is 1. The highest BCUT2D eigenvalue weighted by Gasteiger charge is 2.16. The van der Waals surface area contributed by atoms with Crippen molar-refractivity contribution in [3.05, 3.63) is 23.8 Å². The molecule has 1 aromatic rings. The maximum absolute atomic E-state index is 11.7. The van der Waals surface area contributed by atoms with Gasteiger partial charge in [0, 0.05) is 6.07 Å². The molecular weight excluding hydrogens is 246 g/mol. The first-order valence-corrected chi connectivity index (χ1v) is 6.69. The molecule has 1 saturated heterocycles. The number of hydrogen-bond acceptors (Lipinski definition) is 4. The minimum Gasteiger partial charge on any atom is -0.508 e. The van der Waals surface area contributed by atoms with Gasteiger partial charge in [0.2, 0.25) is 0 Å². The van der Waals surface area contributed by atoms with Gasteiger partial charge in [-0.1, -0.05) is 0 Å². The van der Waals surface area contributed by atoms with Gasteiger partial charge in [-0.3, -0.25) is 0 Å². The third kappa shape index (κ3) is 3.86. The minimum atomic E-state index is -0.547. The van der Waals surface area contributed by atoms with Gasteiger partial charge in [0.15, 0.2) is 0 Å². The van der Waals surface area contributed by atoms with Gasteiger partial charge >= 0.3 is 5.97 Å². The number of quaternary nitrogens is 1. The van der Waals surface area contributed by atoms with Crippen molar-refractivity contribution in [3.63, 3.8) is 0 Å². The van der Waals surface area contributed by atoms with Gasteiger partial charge in [-0.2, -0.15) is 0 Å². The van der Waals surface area contributed by atoms with Crippen LogP contribution in [0.15, 0.2) is 18.2 Å². The summed E-state index contributed by atoms with van der Waals surface area (Å²) >= 11 is 0. The van der Waals surface area contributed by atoms with E-state index in [2.05, 4.69) is 0 Å². The maximum Gasteiger partial charge on any atom is 0.342 e. The predicted molar refractivity (Wildman–Crippen MR) is 69.5 cm³/mol. The number of ether oxygens (including phenoxy) is 1. The van der Waals surface area contributed by atoms with Crippen LogP contribution in [0.5, 0.6) is 11.5 Å². The van der Waals surface area contributed by atoms with Gasteiger partial charge < -0.3 is 19.8 Å². The first kappa shape index (κ1) is 13.7. The summed E-state index contributed by atoms with van der Waals surface area (Å²) in [6.45, 7) is 3.45. The van der Waals surface area contributed by atoms with Crippen LogP contribution in [-0.2, 0) is 4.74 Å². The van der Waals surface area contributed by atoms with E-state index < -0.39 is 5.97 Å². The zero-order valence-electron chi connectivity index (χ0n) is 10.9. The number of phenols is 2. The Kier molecular flexibility index (Phi) is 4.63. The maximum atomic E-state index is 11.7. The molecule has 1 aromatic carbocycles. The van der Waals surface area contributed by atoms with Crippen molar-refractivity contribution in [2.24, 2.45) is 0 Å². The number of phenolic OH excluding ortho intramolecular Hbond substituents is 2. The highest BCUT2D eigenvalue weighted by molar-refractivity contribution is 5.92. The number of rotatable bonds is 4. The summed E-state index contributed by atoms with van der Waals surface area (Å²) < 4.78 is 5.15. The molecule has 1 aliphatic rings. The number of piperidine rings is 1. The second-order valence-electron chi connectivity index (χ2n) is 4.90. The van der Waals surface area contributed by atoms with E-state index >= 15 is 0 Å². The van der Waals surface area contributed by atoms with Gasteiger partial charge in [0.1, 0.15) is 30.2 Å². The Morgan fingerprint density at radius 1 is 1.21 bits per heavy atom. The molecule has 0 atom stereocenters. The Balaban J connectivity index is 1.80. The highest BCUT2D eigenvalue weighted by atomic mass is 16.5. The fourth-order valence-electron chi connectivity index (χ4n) is 2.36. The lowest BCUT2D eigenvalue weighted by molar-refractivity contribution is -0.905. The van der Waals surface area contributed by atoms with E-state index in [1.165, 1.54) is 36.3 Å². The van der Waals surface area contributed by atoms with Gasteiger partial charge in [-0.05, 0) is 31.4 Å². The quantitative estimate of drug-likeness (QED) is 0.687. The van der Waals surface area contributed by atoms with Crippen LogP contribution in [0.2, 0.25) is 0 Å². The van der Waals surface area contributed by atoms with Crippen molar-refractivity contribution in [1.29, 1.82) is 0 Å². The van der Waals surface area contributed by atoms with Crippen molar-refractivity contribution in [1.82, 2.24) is 0 Å². The van der Waals surface area contributed by atoms with Crippen molar-refractivity contribution in [3.8, 4) is 11.5 Å². The van der Waals surface area contributed by atoms with Crippen LogP contribution in [0.4, 0.5) is 0 Å². The Hall–Kier alpha value is -1.75. The normalized spacial score (nSPS) is 16.2. The number of nitrogens with one attached hydrogen (secondary N) is 1. The van der Waals surface area contributed by atoms with Crippen LogP contribution in [0.3, 0.4) is 0 Å². The second-order valence-corrected chi connectivity index (χ2v) is 4.90. The zero-order chi connectivity index (χ0) is 13.7. The van der Waals surface area contributed by atoms with Crippen LogP contribution in [0.1, 0.15) is 29.6 Å². The first-order valence-electron chi connectivity index (χ1n) is 6.69. The molecule has 1 fully saturated rings. The molecule has 3 N–H and O–H groups in total. The summed E-state index contributed by atoms with van der Waals surface area (Å²) in [5.41, 5.74) is 0.0893. The smallest absolute Gasteiger partial charge is 0.342 e. The van der Waals surface area contributed by atoms with Crippen LogP contribution in [0, 0.1) is 0 Å². The first-order chi connectivity index (χ1) is 9.16. The third-order valence-corrected chi connectivity index (χ3v) is 3.45. The summed E-state index contributed by atoms with van der Waals surface area (Å²) in [6.07, 6.45) is 3.77. The average molecular weight is 266 g/mol. The summed E-state index contributed by atoms with van der Waals surface area (Å²) in [5, 5.41) is 18.7. The SMILES string of the molecule is O=C(OCC[NH+]1CCCCC1)c1ccc(O)cc1O. The molecule has 2 rings (SSSR count). The summed E-state index contributed by atoms with van der Waals surface area (Å²) in [4.78, 5) is 13.2. The Morgan fingerprint density at radius 3 is 2.63 bits per heavy atom. The number of esters is 1. The van der Waals surface area contributed by atoms with E-state index in [4.69, 9.17) is 9.84 Å². The summed E-state index contributed by atoms with van der Waals surface area (Å²) in [5.74, 6) is -0.879.